The lowest BCUT2D eigenvalue weighted by Gasteiger charge is -2.15. The number of hydrogen-bond donors (Lipinski definition) is 2. The van der Waals surface area contributed by atoms with E-state index in [-0.39, 0.29) is 18.3 Å². The molecule has 4 rings (SSSR count). The molecule has 0 aliphatic heterocycles. The molecule has 1 aliphatic rings. The molecule has 2 aromatic heterocycles. The first-order chi connectivity index (χ1) is 15.7. The van der Waals surface area contributed by atoms with Crippen LogP contribution in [0.5, 0.6) is 0 Å². The molecule has 0 atom stereocenters. The van der Waals surface area contributed by atoms with Crippen molar-refractivity contribution < 1.29 is 13.2 Å². The fourth-order valence-electron chi connectivity index (χ4n) is 3.30. The third kappa shape index (κ3) is 5.75. The molecule has 11 heteroatoms. The highest BCUT2D eigenvalue weighted by Gasteiger charge is 2.24. The number of aromatic nitrogens is 3. The Morgan fingerprint density at radius 1 is 1.27 bits per heavy atom. The summed E-state index contributed by atoms with van der Waals surface area (Å²) in [5.74, 6) is 6.08. The Bertz CT molecular complexity index is 1410. The molecule has 2 heterocycles. The van der Waals surface area contributed by atoms with E-state index in [1.165, 1.54) is 18.3 Å². The molecular formula is C22H20ClN5O3S2. The van der Waals surface area contributed by atoms with E-state index in [0.29, 0.717) is 27.1 Å². The number of thiazole rings is 1. The van der Waals surface area contributed by atoms with Crippen molar-refractivity contribution in [1.82, 2.24) is 20.3 Å². The maximum Gasteiger partial charge on any atom is 0.223 e. The van der Waals surface area contributed by atoms with Gasteiger partial charge in [0.25, 0.3) is 0 Å². The number of aryl methyl sites for hydroxylation is 2. The van der Waals surface area contributed by atoms with E-state index in [4.69, 9.17) is 16.6 Å². The lowest BCUT2D eigenvalue weighted by atomic mass is 9.99. The Hall–Kier alpha value is -2.84. The summed E-state index contributed by atoms with van der Waals surface area (Å²) < 4.78 is 22.3. The van der Waals surface area contributed by atoms with E-state index in [0.717, 1.165) is 40.9 Å². The van der Waals surface area contributed by atoms with Crippen molar-refractivity contribution in [2.24, 2.45) is 0 Å². The fourth-order valence-corrected chi connectivity index (χ4v) is 5.06. The van der Waals surface area contributed by atoms with E-state index in [9.17, 15) is 13.2 Å². The average Bonchev–Trinajstić information content (AvgIpc) is 3.15. The van der Waals surface area contributed by atoms with Crippen LogP contribution in [0.2, 0.25) is 5.02 Å². The van der Waals surface area contributed by atoms with Gasteiger partial charge in [-0.1, -0.05) is 34.8 Å². The smallest absolute Gasteiger partial charge is 0.223 e. The molecule has 3 aromatic rings. The number of hydrogen-bond acceptors (Lipinski definition) is 8. The molecule has 1 aromatic carbocycles. The zero-order chi connectivity index (χ0) is 23.6. The van der Waals surface area contributed by atoms with Gasteiger partial charge in [0.05, 0.1) is 33.7 Å². The summed E-state index contributed by atoms with van der Waals surface area (Å²) in [6.45, 7) is 1.69. The monoisotopic (exact) mass is 501 g/mol. The van der Waals surface area contributed by atoms with E-state index >= 15 is 0 Å². The summed E-state index contributed by atoms with van der Waals surface area (Å²) in [6.07, 6.45) is 4.50. The summed E-state index contributed by atoms with van der Waals surface area (Å²) in [6, 6.07) is 5.34. The molecule has 2 N–H and O–H groups in total. The SMILES string of the molecule is CC(=O)Nc1nc2c(s1)-c1nc(-c3cc(C#CCNCS(C)(=O)=O)ccc3Cl)ncc1CC2. The van der Waals surface area contributed by atoms with Crippen LogP contribution < -0.4 is 10.6 Å². The zero-order valence-electron chi connectivity index (χ0n) is 17.9. The Labute approximate surface area is 200 Å². The number of halogens is 1. The molecular weight excluding hydrogens is 482 g/mol. The Balaban J connectivity index is 1.62. The second-order valence-corrected chi connectivity index (χ2v) is 11.1. The van der Waals surface area contributed by atoms with Crippen LogP contribution in [0, 0.1) is 11.8 Å². The minimum atomic E-state index is -3.09. The van der Waals surface area contributed by atoms with Crippen molar-refractivity contribution in [2.75, 3.05) is 24.0 Å². The van der Waals surface area contributed by atoms with Crippen LogP contribution in [-0.2, 0) is 27.5 Å². The second-order valence-electron chi connectivity index (χ2n) is 7.54. The lowest BCUT2D eigenvalue weighted by molar-refractivity contribution is -0.114. The molecule has 0 saturated heterocycles. The summed E-state index contributed by atoms with van der Waals surface area (Å²) >= 11 is 7.84. The number of sulfone groups is 1. The first-order valence-corrected chi connectivity index (χ1v) is 13.3. The maximum atomic E-state index is 11.4. The largest absolute Gasteiger partial charge is 0.302 e. The van der Waals surface area contributed by atoms with Gasteiger partial charge in [-0.25, -0.2) is 23.4 Å². The van der Waals surface area contributed by atoms with Gasteiger partial charge in [0, 0.05) is 30.5 Å². The number of benzene rings is 1. The maximum absolute atomic E-state index is 11.4. The van der Waals surface area contributed by atoms with Gasteiger partial charge in [-0.3, -0.25) is 10.1 Å². The molecule has 8 nitrogen and oxygen atoms in total. The highest BCUT2D eigenvalue weighted by atomic mass is 35.5. The number of anilines is 1. The number of rotatable bonds is 5. The molecule has 1 amide bonds. The van der Waals surface area contributed by atoms with Gasteiger partial charge in [0.1, 0.15) is 0 Å². The molecule has 0 bridgehead atoms. The molecule has 1 aliphatic carbocycles. The van der Waals surface area contributed by atoms with Crippen LogP contribution in [0.15, 0.2) is 24.4 Å². The number of carbonyl (C=O) groups is 1. The van der Waals surface area contributed by atoms with Crippen molar-refractivity contribution in [3.63, 3.8) is 0 Å². The van der Waals surface area contributed by atoms with Gasteiger partial charge in [-0.2, -0.15) is 0 Å². The van der Waals surface area contributed by atoms with Crippen molar-refractivity contribution >= 4 is 43.8 Å². The topological polar surface area (TPSA) is 114 Å². The number of nitrogens with zero attached hydrogens (tertiary/aromatic N) is 3. The van der Waals surface area contributed by atoms with Gasteiger partial charge < -0.3 is 5.32 Å². The first-order valence-electron chi connectivity index (χ1n) is 10.0. The van der Waals surface area contributed by atoms with Gasteiger partial charge in [0.15, 0.2) is 20.8 Å². The molecule has 0 spiro atoms. The summed E-state index contributed by atoms with van der Waals surface area (Å²) in [5, 5.41) is 6.56. The van der Waals surface area contributed by atoms with Crippen molar-refractivity contribution in [2.45, 2.75) is 19.8 Å². The second kappa shape index (κ2) is 9.57. The van der Waals surface area contributed by atoms with E-state index < -0.39 is 9.84 Å². The molecule has 0 radical (unpaired) electrons. The van der Waals surface area contributed by atoms with Crippen molar-refractivity contribution in [3.05, 3.63) is 46.2 Å². The van der Waals surface area contributed by atoms with Gasteiger partial charge in [0.2, 0.25) is 5.91 Å². The Morgan fingerprint density at radius 3 is 2.85 bits per heavy atom. The Morgan fingerprint density at radius 2 is 2.09 bits per heavy atom. The number of fused-ring (bicyclic) bond motifs is 3. The van der Waals surface area contributed by atoms with Crippen LogP contribution >= 0.6 is 22.9 Å². The van der Waals surface area contributed by atoms with Crippen molar-refractivity contribution in [1.29, 1.82) is 0 Å². The van der Waals surface area contributed by atoms with E-state index in [1.807, 2.05) is 12.3 Å². The van der Waals surface area contributed by atoms with Crippen LogP contribution in [0.1, 0.15) is 23.7 Å². The summed E-state index contributed by atoms with van der Waals surface area (Å²) in [5.41, 5.74) is 4.09. The summed E-state index contributed by atoms with van der Waals surface area (Å²) in [7, 11) is -3.09. The zero-order valence-corrected chi connectivity index (χ0v) is 20.3. The third-order valence-electron chi connectivity index (χ3n) is 4.71. The highest BCUT2D eigenvalue weighted by molar-refractivity contribution is 7.90. The summed E-state index contributed by atoms with van der Waals surface area (Å²) in [4.78, 5) is 26.2. The van der Waals surface area contributed by atoms with Crippen molar-refractivity contribution in [3.8, 4) is 33.8 Å². The predicted molar refractivity (Wildman–Crippen MR) is 130 cm³/mol. The van der Waals surface area contributed by atoms with Crippen LogP contribution in [0.3, 0.4) is 0 Å². The van der Waals surface area contributed by atoms with Crippen LogP contribution in [0.4, 0.5) is 5.13 Å². The predicted octanol–water partition coefficient (Wildman–Crippen LogP) is 2.92. The fraction of sp³-hybridized carbons (Fsp3) is 0.273. The minimum Gasteiger partial charge on any atom is -0.302 e. The van der Waals surface area contributed by atoms with E-state index in [1.54, 1.807) is 12.1 Å². The van der Waals surface area contributed by atoms with E-state index in [2.05, 4.69) is 32.4 Å². The van der Waals surface area contributed by atoms with Gasteiger partial charge >= 0.3 is 0 Å². The normalized spacial score (nSPS) is 12.3. The molecule has 170 valence electrons. The quantitative estimate of drug-likeness (QED) is 0.408. The standard InChI is InChI=1S/C22H20ClN5O3S2/c1-13(29)26-22-27-18-8-6-15-11-25-21(28-19(15)20(18)32-22)16-10-14(5-7-17(16)23)4-3-9-24-12-33(2,30)31/h5,7,10-11,24H,6,8-9,12H2,1-2H3,(H,26,27,29). The number of amides is 1. The minimum absolute atomic E-state index is 0.125. The van der Waals surface area contributed by atoms with Gasteiger partial charge in [-0.05, 0) is 36.6 Å². The van der Waals surface area contributed by atoms with Crippen LogP contribution in [0.25, 0.3) is 22.0 Å². The Kier molecular flexibility index (Phi) is 6.76. The lowest BCUT2D eigenvalue weighted by Crippen LogP contribution is -2.22. The molecule has 33 heavy (non-hydrogen) atoms. The van der Waals surface area contributed by atoms with Gasteiger partial charge in [-0.15, -0.1) is 0 Å². The molecule has 0 saturated carbocycles. The molecule has 0 unspecified atom stereocenters. The highest BCUT2D eigenvalue weighted by Crippen LogP contribution is 2.39. The number of nitrogens with one attached hydrogen (secondary N) is 2. The average molecular weight is 502 g/mol. The van der Waals surface area contributed by atoms with Crippen LogP contribution in [-0.4, -0.2) is 48.0 Å². The third-order valence-corrected chi connectivity index (χ3v) is 6.79. The first kappa shape index (κ1) is 23.3. The number of carbonyl (C=O) groups excluding carboxylic acids is 1. The molecule has 0 fully saturated rings.